The normalized spacial score (nSPS) is 17.6. The van der Waals surface area contributed by atoms with Gasteiger partial charge in [-0.15, -0.1) is 0 Å². The Morgan fingerprint density at radius 3 is 2.21 bits per heavy atom. The number of hydrogen-bond acceptors (Lipinski definition) is 4. The van der Waals surface area contributed by atoms with Crippen molar-refractivity contribution in [2.45, 2.75) is 45.4 Å². The van der Waals surface area contributed by atoms with Gasteiger partial charge in [0.2, 0.25) is 11.8 Å². The molecule has 108 valence electrons. The van der Waals surface area contributed by atoms with Crippen molar-refractivity contribution in [1.29, 1.82) is 0 Å². The minimum Gasteiger partial charge on any atom is -0.362 e. The van der Waals surface area contributed by atoms with E-state index < -0.39 is 0 Å². The number of rotatable bonds is 5. The zero-order valence-corrected chi connectivity index (χ0v) is 12.0. The van der Waals surface area contributed by atoms with Crippen LogP contribution in [0.15, 0.2) is 12.4 Å². The van der Waals surface area contributed by atoms with Gasteiger partial charge in [-0.05, 0) is 6.42 Å². The number of amides is 2. The summed E-state index contributed by atoms with van der Waals surface area (Å²) in [7, 11) is 2.11. The molecule has 0 aromatic carbocycles. The topological polar surface area (TPSA) is 52.7 Å². The predicted molar refractivity (Wildman–Crippen MR) is 75.0 cm³/mol. The van der Waals surface area contributed by atoms with Gasteiger partial charge in [-0.3, -0.25) is 14.9 Å². The summed E-state index contributed by atoms with van der Waals surface area (Å²) < 4.78 is 0. The van der Waals surface area contributed by atoms with Crippen LogP contribution in [0, 0.1) is 0 Å². The van der Waals surface area contributed by atoms with Crippen LogP contribution in [0.5, 0.6) is 0 Å². The van der Waals surface area contributed by atoms with Crippen LogP contribution in [0.25, 0.3) is 0 Å². The molecule has 1 fully saturated rings. The molecule has 1 N–H and O–H groups in total. The summed E-state index contributed by atoms with van der Waals surface area (Å²) in [5, 5.41) is 2.14. The Balaban J connectivity index is 0.000000218. The van der Waals surface area contributed by atoms with Crippen LogP contribution in [-0.4, -0.2) is 41.9 Å². The third-order valence-electron chi connectivity index (χ3n) is 3.09. The van der Waals surface area contributed by atoms with E-state index in [1.165, 1.54) is 32.2 Å². The molecule has 0 unspecified atom stereocenters. The van der Waals surface area contributed by atoms with E-state index in [-0.39, 0.29) is 11.8 Å². The highest BCUT2D eigenvalue weighted by Gasteiger charge is 2.15. The SMILES string of the molecule is CCCCCCN1C=CN(C)C1.O=C1CCC(=O)N1. The molecule has 0 bridgehead atoms. The van der Waals surface area contributed by atoms with Crippen molar-refractivity contribution in [3.05, 3.63) is 12.4 Å². The minimum absolute atomic E-state index is 0.148. The highest BCUT2D eigenvalue weighted by Crippen LogP contribution is 2.06. The standard InChI is InChI=1S/C10H20N2.C4H5NO2/c1-3-4-5-6-7-12-9-8-11(2)10-12;6-3-1-2-4(7)5-3/h8-9H,3-7,10H2,1-2H3;1-2H2,(H,5,6,7). The fraction of sp³-hybridized carbons (Fsp3) is 0.714. The van der Waals surface area contributed by atoms with E-state index in [0.29, 0.717) is 12.8 Å². The molecule has 0 saturated carbocycles. The number of nitrogens with one attached hydrogen (secondary N) is 1. The second-order valence-electron chi connectivity index (χ2n) is 5.04. The van der Waals surface area contributed by atoms with E-state index in [2.05, 4.69) is 41.5 Å². The molecule has 2 amide bonds. The van der Waals surface area contributed by atoms with Gasteiger partial charge >= 0.3 is 0 Å². The molecule has 0 aromatic heterocycles. The largest absolute Gasteiger partial charge is 0.362 e. The summed E-state index contributed by atoms with van der Waals surface area (Å²) in [5.74, 6) is -0.296. The Kier molecular flexibility index (Phi) is 7.00. The second-order valence-corrected chi connectivity index (χ2v) is 5.04. The Bertz CT molecular complexity index is 315. The van der Waals surface area contributed by atoms with Crippen LogP contribution in [0.2, 0.25) is 0 Å². The summed E-state index contributed by atoms with van der Waals surface area (Å²) in [4.78, 5) is 24.8. The van der Waals surface area contributed by atoms with E-state index in [1.54, 1.807) is 0 Å². The smallest absolute Gasteiger partial charge is 0.227 e. The fourth-order valence-electron chi connectivity index (χ4n) is 1.98. The molecule has 0 atom stereocenters. The zero-order valence-electron chi connectivity index (χ0n) is 12.0. The summed E-state index contributed by atoms with van der Waals surface area (Å²) in [6, 6.07) is 0. The van der Waals surface area contributed by atoms with Crippen LogP contribution in [0.1, 0.15) is 45.4 Å². The maximum atomic E-state index is 10.1. The van der Waals surface area contributed by atoms with Crippen molar-refractivity contribution >= 4 is 11.8 Å². The first-order valence-corrected chi connectivity index (χ1v) is 7.07. The molecule has 0 spiro atoms. The van der Waals surface area contributed by atoms with Crippen LogP contribution < -0.4 is 5.32 Å². The van der Waals surface area contributed by atoms with E-state index in [1.807, 2.05) is 0 Å². The molecule has 5 nitrogen and oxygen atoms in total. The zero-order chi connectivity index (χ0) is 14.1. The molecule has 0 aromatic rings. The molecule has 2 rings (SSSR count). The monoisotopic (exact) mass is 267 g/mol. The molecule has 2 aliphatic rings. The number of nitrogens with zero attached hydrogens (tertiary/aromatic N) is 2. The Hall–Kier alpha value is -1.52. The molecule has 1 saturated heterocycles. The van der Waals surface area contributed by atoms with Crippen LogP contribution in [-0.2, 0) is 9.59 Å². The minimum atomic E-state index is -0.148. The molecule has 2 heterocycles. The average molecular weight is 267 g/mol. The van der Waals surface area contributed by atoms with Gasteiger partial charge in [0.25, 0.3) is 0 Å². The number of hydrogen-bond donors (Lipinski definition) is 1. The van der Waals surface area contributed by atoms with Gasteiger partial charge in [0.05, 0.1) is 6.67 Å². The third kappa shape index (κ3) is 6.84. The number of carbonyl (C=O) groups is 2. The Morgan fingerprint density at radius 1 is 1.11 bits per heavy atom. The van der Waals surface area contributed by atoms with E-state index >= 15 is 0 Å². The van der Waals surface area contributed by atoms with Gasteiger partial charge in [-0.1, -0.05) is 26.2 Å². The highest BCUT2D eigenvalue weighted by atomic mass is 16.2. The first-order valence-electron chi connectivity index (χ1n) is 7.07. The van der Waals surface area contributed by atoms with Crippen molar-refractivity contribution in [1.82, 2.24) is 15.1 Å². The van der Waals surface area contributed by atoms with Gasteiger partial charge < -0.3 is 9.80 Å². The summed E-state index contributed by atoms with van der Waals surface area (Å²) >= 11 is 0. The molecular formula is C14H25N3O2. The quantitative estimate of drug-likeness (QED) is 0.608. The van der Waals surface area contributed by atoms with Crippen LogP contribution >= 0.6 is 0 Å². The van der Waals surface area contributed by atoms with E-state index in [0.717, 1.165) is 6.67 Å². The average Bonchev–Trinajstić information content (AvgIpc) is 2.95. The highest BCUT2D eigenvalue weighted by molar-refractivity contribution is 6.01. The molecule has 2 aliphatic heterocycles. The van der Waals surface area contributed by atoms with Crippen molar-refractivity contribution in [2.24, 2.45) is 0 Å². The van der Waals surface area contributed by atoms with Gasteiger partial charge in [-0.2, -0.15) is 0 Å². The molecule has 5 heteroatoms. The maximum Gasteiger partial charge on any atom is 0.227 e. The van der Waals surface area contributed by atoms with Crippen LogP contribution in [0.3, 0.4) is 0 Å². The molecule has 0 aliphatic carbocycles. The number of imide groups is 1. The Morgan fingerprint density at radius 2 is 1.79 bits per heavy atom. The van der Waals surface area contributed by atoms with Gasteiger partial charge in [0, 0.05) is 38.8 Å². The van der Waals surface area contributed by atoms with Crippen molar-refractivity contribution < 1.29 is 9.59 Å². The van der Waals surface area contributed by atoms with Crippen LogP contribution in [0.4, 0.5) is 0 Å². The lowest BCUT2D eigenvalue weighted by molar-refractivity contribution is -0.124. The van der Waals surface area contributed by atoms with Crippen molar-refractivity contribution in [3.8, 4) is 0 Å². The number of unbranched alkanes of at least 4 members (excludes halogenated alkanes) is 3. The Labute approximate surface area is 115 Å². The fourth-order valence-corrected chi connectivity index (χ4v) is 1.98. The molecule has 19 heavy (non-hydrogen) atoms. The van der Waals surface area contributed by atoms with Gasteiger partial charge in [0.1, 0.15) is 0 Å². The summed E-state index contributed by atoms with van der Waals surface area (Å²) in [5.41, 5.74) is 0. The maximum absolute atomic E-state index is 10.1. The van der Waals surface area contributed by atoms with Gasteiger partial charge in [0.15, 0.2) is 0 Å². The summed E-state index contributed by atoms with van der Waals surface area (Å²) in [6.07, 6.45) is 10.5. The first kappa shape index (κ1) is 15.5. The van der Waals surface area contributed by atoms with E-state index in [4.69, 9.17) is 0 Å². The van der Waals surface area contributed by atoms with Crippen molar-refractivity contribution in [2.75, 3.05) is 20.3 Å². The lowest BCUT2D eigenvalue weighted by Crippen LogP contribution is -2.23. The lowest BCUT2D eigenvalue weighted by atomic mass is 10.2. The van der Waals surface area contributed by atoms with E-state index in [9.17, 15) is 9.59 Å². The first-order chi connectivity index (χ1) is 9.11. The van der Waals surface area contributed by atoms with Crippen molar-refractivity contribution in [3.63, 3.8) is 0 Å². The predicted octanol–water partition coefficient (Wildman–Crippen LogP) is 1.67. The molecular weight excluding hydrogens is 242 g/mol. The number of carbonyl (C=O) groups excluding carboxylic acids is 2. The third-order valence-corrected chi connectivity index (χ3v) is 3.09. The lowest BCUT2D eigenvalue weighted by Gasteiger charge is -2.17. The molecule has 0 radical (unpaired) electrons. The van der Waals surface area contributed by atoms with Gasteiger partial charge in [-0.25, -0.2) is 0 Å². The summed E-state index contributed by atoms with van der Waals surface area (Å²) in [6.45, 7) is 4.55. The second kappa shape index (κ2) is 8.56.